The molecule has 66 valence electrons. The summed E-state index contributed by atoms with van der Waals surface area (Å²) >= 11 is 5.93. The lowest BCUT2D eigenvalue weighted by Crippen LogP contribution is -1.67. The fourth-order valence-electron chi connectivity index (χ4n) is 1.31. The maximum atomic E-state index is 4.14. The molecule has 0 aliphatic rings. The average Bonchev–Trinajstić information content (AvgIpc) is 2.58. The van der Waals surface area contributed by atoms with E-state index in [9.17, 15) is 0 Å². The molecule has 0 saturated heterocycles. The lowest BCUT2D eigenvalue weighted by molar-refractivity contribution is 1.79. The summed E-state index contributed by atoms with van der Waals surface area (Å²) in [5, 5.41) is 3.52. The van der Waals surface area contributed by atoms with Gasteiger partial charge < -0.3 is 0 Å². The van der Waals surface area contributed by atoms with Crippen LogP contribution >= 0.6 is 24.0 Å². The van der Waals surface area contributed by atoms with Crippen LogP contribution in [0.5, 0.6) is 0 Å². The Morgan fingerprint density at radius 3 is 3.00 bits per heavy atom. The molecule has 0 bridgehead atoms. The Hall–Kier alpha value is -0.730. The number of hydrogen-bond donors (Lipinski definition) is 1. The molecule has 2 rings (SSSR count). The largest absolute Gasteiger partial charge is 0.175 e. The van der Waals surface area contributed by atoms with Crippen LogP contribution in [0.25, 0.3) is 16.2 Å². The van der Waals surface area contributed by atoms with Crippen molar-refractivity contribution in [3.63, 3.8) is 0 Å². The molecule has 0 atom stereocenters. The van der Waals surface area contributed by atoms with Crippen molar-refractivity contribution >= 4 is 40.1 Å². The summed E-state index contributed by atoms with van der Waals surface area (Å²) in [5.74, 6) is 0.796. The number of rotatable bonds is 2. The molecule has 0 spiro atoms. The van der Waals surface area contributed by atoms with E-state index in [2.05, 4.69) is 54.4 Å². The Labute approximate surface area is 87.3 Å². The number of hydrogen-bond acceptors (Lipinski definition) is 2. The first-order valence-corrected chi connectivity index (χ1v) is 5.66. The van der Waals surface area contributed by atoms with Gasteiger partial charge in [0.15, 0.2) is 0 Å². The molecule has 0 amide bonds. The predicted molar refractivity (Wildman–Crippen MR) is 64.7 cm³/mol. The minimum atomic E-state index is 0.796. The van der Waals surface area contributed by atoms with Crippen molar-refractivity contribution in [1.82, 2.24) is 0 Å². The smallest absolute Gasteiger partial charge is 0.0348 e. The number of fused-ring (bicyclic) bond motifs is 1. The van der Waals surface area contributed by atoms with Crippen LogP contribution in [0.3, 0.4) is 0 Å². The normalized spacial score (nSPS) is 11.5. The van der Waals surface area contributed by atoms with Crippen LogP contribution in [0, 0.1) is 0 Å². The molecule has 1 aromatic heterocycles. The first-order valence-electron chi connectivity index (χ1n) is 4.15. The molecule has 1 heterocycles. The van der Waals surface area contributed by atoms with Crippen molar-refractivity contribution in [3.05, 3.63) is 41.3 Å². The molecule has 0 nitrogen and oxygen atoms in total. The van der Waals surface area contributed by atoms with Crippen molar-refractivity contribution in [3.8, 4) is 0 Å². The SMILES string of the molecule is SCC=Cc1csc2ccccc12. The Balaban J connectivity index is 2.52. The molecule has 13 heavy (non-hydrogen) atoms. The van der Waals surface area contributed by atoms with E-state index in [1.807, 2.05) is 0 Å². The van der Waals surface area contributed by atoms with E-state index >= 15 is 0 Å². The second-order valence-corrected chi connectivity index (χ2v) is 4.05. The molecule has 1 aromatic carbocycles. The van der Waals surface area contributed by atoms with E-state index in [0.29, 0.717) is 0 Å². The molecule has 0 aliphatic heterocycles. The zero-order valence-electron chi connectivity index (χ0n) is 7.10. The molecule has 2 heteroatoms. The van der Waals surface area contributed by atoms with Gasteiger partial charge in [-0.1, -0.05) is 30.4 Å². The Bertz CT molecular complexity index is 426. The molecule has 2 aromatic rings. The lowest BCUT2D eigenvalue weighted by atomic mass is 10.2. The Morgan fingerprint density at radius 1 is 1.31 bits per heavy atom. The van der Waals surface area contributed by atoms with Gasteiger partial charge in [-0.05, 0) is 22.4 Å². The third-order valence-corrected chi connectivity index (χ3v) is 3.11. The fraction of sp³-hybridized carbons (Fsp3) is 0.0909. The van der Waals surface area contributed by atoms with Crippen molar-refractivity contribution in [2.45, 2.75) is 0 Å². The van der Waals surface area contributed by atoms with Gasteiger partial charge in [0.2, 0.25) is 0 Å². The van der Waals surface area contributed by atoms with E-state index in [1.165, 1.54) is 15.6 Å². The molecule has 0 unspecified atom stereocenters. The van der Waals surface area contributed by atoms with E-state index in [1.54, 1.807) is 11.3 Å². The predicted octanol–water partition coefficient (Wildman–Crippen LogP) is 3.84. The highest BCUT2D eigenvalue weighted by atomic mass is 32.1. The lowest BCUT2D eigenvalue weighted by Gasteiger charge is -1.89. The maximum absolute atomic E-state index is 4.14. The summed E-state index contributed by atoms with van der Waals surface area (Å²) in [6.07, 6.45) is 4.20. The van der Waals surface area contributed by atoms with Crippen LogP contribution in [0.4, 0.5) is 0 Å². The van der Waals surface area contributed by atoms with Gasteiger partial charge in [0.1, 0.15) is 0 Å². The summed E-state index contributed by atoms with van der Waals surface area (Å²) < 4.78 is 1.35. The Kier molecular flexibility index (Phi) is 2.71. The minimum absolute atomic E-state index is 0.796. The van der Waals surface area contributed by atoms with Gasteiger partial charge in [-0.3, -0.25) is 0 Å². The summed E-state index contributed by atoms with van der Waals surface area (Å²) in [6.45, 7) is 0. The molecular formula is C11H10S2. The number of thiophene rings is 1. The summed E-state index contributed by atoms with van der Waals surface area (Å²) in [4.78, 5) is 0. The first kappa shape index (κ1) is 8.85. The van der Waals surface area contributed by atoms with Crippen molar-refractivity contribution in [1.29, 1.82) is 0 Å². The van der Waals surface area contributed by atoms with E-state index < -0.39 is 0 Å². The summed E-state index contributed by atoms with van der Waals surface area (Å²) in [5.41, 5.74) is 1.30. The van der Waals surface area contributed by atoms with Gasteiger partial charge in [-0.15, -0.1) is 11.3 Å². The standard InChI is InChI=1S/C11H10S2/c12-7-3-4-9-8-13-11-6-2-1-5-10(9)11/h1-6,8,12H,7H2. The minimum Gasteiger partial charge on any atom is -0.175 e. The van der Waals surface area contributed by atoms with E-state index in [-0.39, 0.29) is 0 Å². The highest BCUT2D eigenvalue weighted by Crippen LogP contribution is 2.26. The van der Waals surface area contributed by atoms with Crippen molar-refractivity contribution < 1.29 is 0 Å². The zero-order chi connectivity index (χ0) is 9.10. The molecule has 0 fully saturated rings. The van der Waals surface area contributed by atoms with Gasteiger partial charge in [-0.25, -0.2) is 0 Å². The third kappa shape index (κ3) is 1.79. The second-order valence-electron chi connectivity index (χ2n) is 2.77. The van der Waals surface area contributed by atoms with Crippen LogP contribution in [0.15, 0.2) is 35.7 Å². The topological polar surface area (TPSA) is 0 Å². The molecular weight excluding hydrogens is 196 g/mol. The Morgan fingerprint density at radius 2 is 2.15 bits per heavy atom. The summed E-state index contributed by atoms with van der Waals surface area (Å²) in [7, 11) is 0. The van der Waals surface area contributed by atoms with Crippen LogP contribution < -0.4 is 0 Å². The number of thiol groups is 1. The van der Waals surface area contributed by atoms with Gasteiger partial charge in [0, 0.05) is 10.5 Å². The van der Waals surface area contributed by atoms with Gasteiger partial charge in [0.05, 0.1) is 0 Å². The quantitative estimate of drug-likeness (QED) is 0.709. The highest BCUT2D eigenvalue weighted by molar-refractivity contribution is 7.80. The van der Waals surface area contributed by atoms with E-state index in [0.717, 1.165) is 5.75 Å². The molecule has 0 radical (unpaired) electrons. The van der Waals surface area contributed by atoms with Crippen LogP contribution in [-0.4, -0.2) is 5.75 Å². The molecule has 0 aliphatic carbocycles. The molecule has 0 saturated carbocycles. The molecule has 0 N–H and O–H groups in total. The fourth-order valence-corrected chi connectivity index (χ4v) is 2.34. The van der Waals surface area contributed by atoms with Gasteiger partial charge in [0.25, 0.3) is 0 Å². The van der Waals surface area contributed by atoms with Gasteiger partial charge in [-0.2, -0.15) is 12.6 Å². The first-order chi connectivity index (χ1) is 6.42. The average molecular weight is 206 g/mol. The highest BCUT2D eigenvalue weighted by Gasteiger charge is 1.98. The van der Waals surface area contributed by atoms with Crippen LogP contribution in [0.2, 0.25) is 0 Å². The second kappa shape index (κ2) is 3.99. The van der Waals surface area contributed by atoms with Crippen LogP contribution in [-0.2, 0) is 0 Å². The third-order valence-electron chi connectivity index (χ3n) is 1.91. The zero-order valence-corrected chi connectivity index (χ0v) is 8.81. The number of benzene rings is 1. The van der Waals surface area contributed by atoms with Crippen LogP contribution in [0.1, 0.15) is 5.56 Å². The van der Waals surface area contributed by atoms with E-state index in [4.69, 9.17) is 0 Å². The summed E-state index contributed by atoms with van der Waals surface area (Å²) in [6, 6.07) is 8.46. The maximum Gasteiger partial charge on any atom is 0.0348 e. The monoisotopic (exact) mass is 206 g/mol. The van der Waals surface area contributed by atoms with Crippen molar-refractivity contribution in [2.75, 3.05) is 5.75 Å². The van der Waals surface area contributed by atoms with Gasteiger partial charge >= 0.3 is 0 Å². The van der Waals surface area contributed by atoms with Crippen molar-refractivity contribution in [2.24, 2.45) is 0 Å².